The Balaban J connectivity index is 1.13. The lowest BCUT2D eigenvalue weighted by Crippen LogP contribution is -2.49. The first-order valence-electron chi connectivity index (χ1n) is 21.8. The summed E-state index contributed by atoms with van der Waals surface area (Å²) in [5.74, 6) is 8.36. The average Bonchev–Trinajstić information content (AvgIpc) is 3.78. The lowest BCUT2D eigenvalue weighted by molar-refractivity contribution is -0.307. The molecule has 2 fully saturated rings. The third-order valence-electron chi connectivity index (χ3n) is 14.3. The van der Waals surface area contributed by atoms with Gasteiger partial charge in [-0.25, -0.2) is 0 Å². The number of ether oxygens (including phenoxy) is 1. The lowest BCUT2D eigenvalue weighted by Gasteiger charge is -2.51. The first-order valence-corrected chi connectivity index (χ1v) is 24.3. The number of fused-ring (bicyclic) bond motifs is 8. The van der Waals surface area contributed by atoms with Gasteiger partial charge >= 0.3 is 0 Å². The molecule has 7 N–H and O–H groups in total. The molecule has 2 saturated carbocycles. The molecule has 0 amide bonds. The summed E-state index contributed by atoms with van der Waals surface area (Å²) in [5.41, 5.74) is 18.0. The number of phenolic OH excluding ortho intramolecular Hbond substituents is 2. The number of aryl methyl sites for hydroxylation is 1. The van der Waals surface area contributed by atoms with Gasteiger partial charge in [0, 0.05) is 53.0 Å². The number of nitrogens with two attached hydrogens (primary N) is 2. The van der Waals surface area contributed by atoms with Gasteiger partial charge in [0.05, 0.1) is 30.5 Å². The first kappa shape index (κ1) is 42.6. The summed E-state index contributed by atoms with van der Waals surface area (Å²) in [4.78, 5) is 18.0. The fourth-order valence-electron chi connectivity index (χ4n) is 11.3. The summed E-state index contributed by atoms with van der Waals surface area (Å²) in [6.45, 7) is 2.45. The molecule has 6 aliphatic rings. The van der Waals surface area contributed by atoms with Crippen LogP contribution in [-0.4, -0.2) is 44.8 Å². The van der Waals surface area contributed by atoms with Crippen LogP contribution in [0.3, 0.4) is 0 Å². The van der Waals surface area contributed by atoms with Crippen LogP contribution in [0.5, 0.6) is 17.2 Å². The predicted octanol–water partition coefficient (Wildman–Crippen LogP) is 7.95. The van der Waals surface area contributed by atoms with Gasteiger partial charge in [-0.3, -0.25) is 9.79 Å². The smallest absolute Gasteiger partial charge is 0.161 e. The summed E-state index contributed by atoms with van der Waals surface area (Å²) in [6.07, 6.45) is 16.9. The van der Waals surface area contributed by atoms with Gasteiger partial charge in [0.15, 0.2) is 17.3 Å². The van der Waals surface area contributed by atoms with Crippen molar-refractivity contribution < 1.29 is 30.0 Å². The van der Waals surface area contributed by atoms with Gasteiger partial charge in [0.1, 0.15) is 5.75 Å². The van der Waals surface area contributed by atoms with E-state index in [4.69, 9.17) is 16.2 Å². The Morgan fingerprint density at radius 1 is 0.984 bits per heavy atom. The highest BCUT2D eigenvalue weighted by molar-refractivity contribution is 8.76. The van der Waals surface area contributed by atoms with E-state index < -0.39 is 17.7 Å². The van der Waals surface area contributed by atoms with Gasteiger partial charge in [0.25, 0.3) is 0 Å². The molecule has 9 bridgehead atoms. The van der Waals surface area contributed by atoms with E-state index in [2.05, 4.69) is 48.1 Å². The number of aliphatic imine (C=N–C) groups is 1. The Labute approximate surface area is 371 Å². The van der Waals surface area contributed by atoms with Gasteiger partial charge in [-0.15, -0.1) is 5.76 Å². The van der Waals surface area contributed by atoms with Crippen molar-refractivity contribution in [2.45, 2.75) is 94.6 Å². The van der Waals surface area contributed by atoms with Crippen LogP contribution in [0.2, 0.25) is 0 Å². The van der Waals surface area contributed by atoms with Crippen LogP contribution < -0.4 is 21.3 Å². The molecule has 3 aromatic carbocycles. The van der Waals surface area contributed by atoms with E-state index in [0.29, 0.717) is 77.9 Å². The highest BCUT2D eigenvalue weighted by atomic mass is 33.1. The molecular formula is C51H54N3O6S2-. The van der Waals surface area contributed by atoms with Gasteiger partial charge in [0.2, 0.25) is 0 Å². The number of phenols is 2. The van der Waals surface area contributed by atoms with E-state index in [1.165, 1.54) is 0 Å². The van der Waals surface area contributed by atoms with Crippen LogP contribution in [0.15, 0.2) is 101 Å². The molecule has 11 heteroatoms. The molecule has 9 nitrogen and oxygen atoms in total. The largest absolute Gasteiger partial charge is 0.875 e. The summed E-state index contributed by atoms with van der Waals surface area (Å²) < 4.78 is 6.15. The highest BCUT2D eigenvalue weighted by Gasteiger charge is 2.68. The maximum Gasteiger partial charge on any atom is 0.161 e. The van der Waals surface area contributed by atoms with Crippen LogP contribution in [0, 0.1) is 34.5 Å². The van der Waals surface area contributed by atoms with Gasteiger partial charge in [-0.2, -0.15) is 0 Å². The van der Waals surface area contributed by atoms with Gasteiger partial charge < -0.3 is 36.6 Å². The van der Waals surface area contributed by atoms with Crippen LogP contribution in [-0.2, 0) is 23.4 Å². The number of hydrogen-bond donors (Lipinski definition) is 5. The van der Waals surface area contributed by atoms with Crippen LogP contribution in [0.4, 0.5) is 0 Å². The Bertz CT molecular complexity index is 2520. The minimum atomic E-state index is -0.989. The van der Waals surface area contributed by atoms with Gasteiger partial charge in [-0.1, -0.05) is 89.3 Å². The molecule has 0 saturated heterocycles. The lowest BCUT2D eigenvalue weighted by atomic mass is 9.55. The molecular weight excluding hydrogens is 815 g/mol. The molecule has 6 atom stereocenters. The second-order valence-electron chi connectivity index (χ2n) is 18.2. The maximum absolute atomic E-state index is 14.2. The number of aliphatic hydroxyl groups is 1. The molecule has 4 aliphatic carbocycles. The van der Waals surface area contributed by atoms with E-state index in [1.54, 1.807) is 58.1 Å². The van der Waals surface area contributed by atoms with Crippen molar-refractivity contribution in [3.05, 3.63) is 135 Å². The van der Waals surface area contributed by atoms with E-state index in [0.717, 1.165) is 59.3 Å². The maximum atomic E-state index is 14.2. The highest BCUT2D eigenvalue weighted by Crippen LogP contribution is 2.71. The number of aromatic hydroxyl groups is 2. The van der Waals surface area contributed by atoms with Crippen molar-refractivity contribution in [3.63, 3.8) is 0 Å². The third kappa shape index (κ3) is 7.94. The summed E-state index contributed by atoms with van der Waals surface area (Å²) in [7, 11) is 3.46. The molecule has 3 aromatic rings. The van der Waals surface area contributed by atoms with Crippen LogP contribution in [0.1, 0.15) is 109 Å². The zero-order valence-corrected chi connectivity index (χ0v) is 36.7. The minimum absolute atomic E-state index is 0.00998. The van der Waals surface area contributed by atoms with E-state index in [1.807, 2.05) is 24.3 Å². The number of hydrogen-bond acceptors (Lipinski definition) is 11. The van der Waals surface area contributed by atoms with Crippen molar-refractivity contribution in [1.29, 1.82) is 0 Å². The second kappa shape index (κ2) is 17.1. The number of nitrogens with zero attached hydrogens (tertiary/aromatic N) is 1. The van der Waals surface area contributed by atoms with Crippen molar-refractivity contribution in [2.75, 3.05) is 12.4 Å². The molecule has 62 heavy (non-hydrogen) atoms. The molecule has 0 aromatic heterocycles. The number of rotatable bonds is 3. The van der Waals surface area contributed by atoms with Crippen LogP contribution >= 0.6 is 21.6 Å². The number of carbonyl (C=O) groups is 1. The van der Waals surface area contributed by atoms with E-state index >= 15 is 0 Å². The molecule has 2 aliphatic heterocycles. The number of allylic oxidation sites excluding steroid dienone is 6. The third-order valence-corrected chi connectivity index (χ3v) is 16.8. The zero-order chi connectivity index (χ0) is 43.2. The normalized spacial score (nSPS) is 29.8. The fourth-order valence-corrected chi connectivity index (χ4v) is 14.1. The summed E-state index contributed by atoms with van der Waals surface area (Å²) in [6, 6.07) is 14.7. The summed E-state index contributed by atoms with van der Waals surface area (Å²) in [5, 5.41) is 49.1. The fraction of sp³-hybridized carbons (Fsp3) is 0.412. The molecule has 1 spiro atoms. The molecule has 2 heterocycles. The molecule has 322 valence electrons. The van der Waals surface area contributed by atoms with Crippen molar-refractivity contribution >= 4 is 33.1 Å². The molecule has 9 rings (SSSR count). The van der Waals surface area contributed by atoms with Crippen molar-refractivity contribution in [1.82, 2.24) is 0 Å². The standard InChI is InChI=1S/C51H55N3O6S2/c1-2-4-42-34-13-18-51(59)29-49(42)17-14-36(55)10-7-31-9-12-45(57)47(22-31)60-20-16-32-8-11-44(56)41(21-32)40-25-46(58)37-15-19-54-43(37)6-3-5-33-23-39(48(52)53)35(24-38(33)40)27-61-62-30-50(51,26-34)28-49/h8-9,11-15,17-19,21-24,34,40,42,48,56-59H,2,4,6-7,10,16,20,25-30,52-53H2,1H3/p-1/b17-14+,46-37?/t34-,40+,42-,49-,50+,51+/m0/s1. The van der Waals surface area contributed by atoms with E-state index in [9.17, 15) is 25.2 Å². The SMILES string of the molecule is CCC[C@H]1[C@H]2C=C[C@@]3(O)C[C@@]14/C=C/C(=O)CCc1ccc(O)c(c1)OCCc1ccc(O)c(c1)[C@@H]1CC([O-])=C5C=CN=C5CC#Cc5cc(C(N)N)c(cc51)CSSC[C@@]3(C2)C4. The molecule has 0 unspecified atom stereocenters. The van der Waals surface area contributed by atoms with Crippen LogP contribution in [0.25, 0.3) is 0 Å². The Hall–Kier alpha value is -4.70. The number of benzene rings is 3. The molecule has 0 radical (unpaired) electrons. The minimum Gasteiger partial charge on any atom is -0.875 e. The Morgan fingerprint density at radius 3 is 2.63 bits per heavy atom. The Morgan fingerprint density at radius 2 is 1.81 bits per heavy atom. The first-order chi connectivity index (χ1) is 29.9. The quantitative estimate of drug-likeness (QED) is 0.0753. The van der Waals surface area contributed by atoms with Crippen molar-refractivity contribution in [3.8, 4) is 29.1 Å². The summed E-state index contributed by atoms with van der Waals surface area (Å²) >= 11 is 0. The Kier molecular flexibility index (Phi) is 11.8. The zero-order valence-electron chi connectivity index (χ0n) is 35.1. The van der Waals surface area contributed by atoms with E-state index in [-0.39, 0.29) is 46.9 Å². The number of ketones is 1. The predicted molar refractivity (Wildman–Crippen MR) is 245 cm³/mol. The number of carbonyl (C=O) groups excluding carboxylic acids is 1. The van der Waals surface area contributed by atoms with Gasteiger partial charge in [-0.05, 0) is 126 Å². The average molecular weight is 869 g/mol. The van der Waals surface area contributed by atoms with Crippen molar-refractivity contribution in [2.24, 2.45) is 39.1 Å². The topological polar surface area (TPSA) is 174 Å². The second-order valence-corrected chi connectivity index (χ2v) is 20.6. The monoisotopic (exact) mass is 868 g/mol.